The molecular weight excluding hydrogens is 749 g/mol. The largest absolute Gasteiger partial charge is 0.310 e. The smallest absolute Gasteiger partial charge is 0.0468 e. The zero-order valence-corrected chi connectivity index (χ0v) is 35.3. The summed E-state index contributed by atoms with van der Waals surface area (Å²) < 4.78 is 0. The Labute approximate surface area is 366 Å². The summed E-state index contributed by atoms with van der Waals surface area (Å²) in [5, 5.41) is 4.94. The number of rotatable bonds is 10. The maximum Gasteiger partial charge on any atom is 0.0468 e. The SMILES string of the molecule is c1ccc(-c2c3ccc(N(c4ccccc4)c4ccc(C5CCCC5)cc4)cc3c(-c3ccccc3)c3ccc(N(c4ccccc4)c4ccc(C5CCCC5)cc4)cc23)cc1. The van der Waals surface area contributed by atoms with Crippen molar-refractivity contribution in [2.75, 3.05) is 9.80 Å². The molecule has 0 saturated heterocycles. The molecule has 2 aliphatic carbocycles. The van der Waals surface area contributed by atoms with E-state index >= 15 is 0 Å². The van der Waals surface area contributed by atoms with Gasteiger partial charge in [-0.05, 0) is 165 Å². The Morgan fingerprint density at radius 1 is 0.274 bits per heavy atom. The number of nitrogens with zero attached hydrogens (tertiary/aromatic N) is 2. The van der Waals surface area contributed by atoms with Crippen LogP contribution in [0.15, 0.2) is 206 Å². The molecule has 9 aromatic rings. The highest BCUT2D eigenvalue weighted by Gasteiger charge is 2.24. The van der Waals surface area contributed by atoms with Crippen molar-refractivity contribution in [1.82, 2.24) is 0 Å². The lowest BCUT2D eigenvalue weighted by molar-refractivity contribution is 0.723. The van der Waals surface area contributed by atoms with E-state index in [2.05, 4.69) is 216 Å². The van der Waals surface area contributed by atoms with Gasteiger partial charge in [0.05, 0.1) is 0 Å². The lowest BCUT2D eigenvalue weighted by Crippen LogP contribution is -2.10. The molecule has 2 fully saturated rings. The Morgan fingerprint density at radius 2 is 0.581 bits per heavy atom. The summed E-state index contributed by atoms with van der Waals surface area (Å²) in [4.78, 5) is 4.86. The van der Waals surface area contributed by atoms with Crippen molar-refractivity contribution in [3.8, 4) is 22.3 Å². The van der Waals surface area contributed by atoms with Gasteiger partial charge in [0.1, 0.15) is 0 Å². The fraction of sp³-hybridized carbons (Fsp3) is 0.167. The average Bonchev–Trinajstić information content (AvgIpc) is 4.10. The maximum atomic E-state index is 2.44. The Kier molecular flexibility index (Phi) is 10.4. The van der Waals surface area contributed by atoms with Gasteiger partial charge in [0, 0.05) is 34.1 Å². The highest BCUT2D eigenvalue weighted by atomic mass is 15.1. The van der Waals surface area contributed by atoms with Gasteiger partial charge < -0.3 is 9.80 Å². The summed E-state index contributed by atoms with van der Waals surface area (Å²) in [7, 11) is 0. The first-order valence-electron chi connectivity index (χ1n) is 22.8. The minimum Gasteiger partial charge on any atom is -0.310 e. The van der Waals surface area contributed by atoms with Gasteiger partial charge >= 0.3 is 0 Å². The van der Waals surface area contributed by atoms with Gasteiger partial charge in [-0.1, -0.05) is 159 Å². The quantitative estimate of drug-likeness (QED) is 0.127. The van der Waals surface area contributed by atoms with E-state index < -0.39 is 0 Å². The van der Waals surface area contributed by atoms with E-state index in [1.54, 1.807) is 0 Å². The van der Waals surface area contributed by atoms with Crippen LogP contribution in [-0.2, 0) is 0 Å². The predicted molar refractivity (Wildman–Crippen MR) is 264 cm³/mol. The van der Waals surface area contributed by atoms with Crippen molar-refractivity contribution in [2.24, 2.45) is 0 Å². The lowest BCUT2D eigenvalue weighted by Gasteiger charge is -2.28. The molecule has 0 radical (unpaired) electrons. The van der Waals surface area contributed by atoms with Crippen molar-refractivity contribution in [2.45, 2.75) is 63.2 Å². The van der Waals surface area contributed by atoms with Crippen molar-refractivity contribution in [3.05, 3.63) is 217 Å². The normalized spacial score (nSPS) is 14.5. The molecule has 2 saturated carbocycles. The molecule has 0 amide bonds. The van der Waals surface area contributed by atoms with Gasteiger partial charge in [0.2, 0.25) is 0 Å². The van der Waals surface area contributed by atoms with Crippen LogP contribution in [0, 0.1) is 0 Å². The molecule has 0 aliphatic heterocycles. The van der Waals surface area contributed by atoms with Gasteiger partial charge in [-0.3, -0.25) is 0 Å². The number of anilines is 6. The summed E-state index contributed by atoms with van der Waals surface area (Å²) in [5.74, 6) is 1.35. The van der Waals surface area contributed by atoms with Gasteiger partial charge in [-0.2, -0.15) is 0 Å². The molecule has 0 heterocycles. The number of fused-ring (bicyclic) bond motifs is 2. The maximum absolute atomic E-state index is 2.44. The lowest BCUT2D eigenvalue weighted by atomic mass is 9.85. The van der Waals surface area contributed by atoms with Gasteiger partial charge in [0.15, 0.2) is 0 Å². The summed E-state index contributed by atoms with van der Waals surface area (Å²) in [6.45, 7) is 0. The van der Waals surface area contributed by atoms with Crippen molar-refractivity contribution >= 4 is 55.7 Å². The Morgan fingerprint density at radius 3 is 0.935 bits per heavy atom. The number of para-hydroxylation sites is 2. The van der Waals surface area contributed by atoms with E-state index in [1.165, 1.54) is 118 Å². The summed E-state index contributed by atoms with van der Waals surface area (Å²) >= 11 is 0. The minimum absolute atomic E-state index is 0.676. The van der Waals surface area contributed by atoms with E-state index in [0.717, 1.165) is 22.7 Å². The third-order valence-electron chi connectivity index (χ3n) is 13.7. The first-order valence-corrected chi connectivity index (χ1v) is 22.8. The van der Waals surface area contributed by atoms with E-state index in [0.29, 0.717) is 11.8 Å². The summed E-state index contributed by atoms with van der Waals surface area (Å²) in [6.07, 6.45) is 10.5. The molecule has 302 valence electrons. The van der Waals surface area contributed by atoms with Crippen LogP contribution < -0.4 is 9.80 Å². The second kappa shape index (κ2) is 16.9. The number of hydrogen-bond donors (Lipinski definition) is 0. The first kappa shape index (κ1) is 38.1. The molecule has 0 unspecified atom stereocenters. The number of benzene rings is 9. The first-order chi connectivity index (χ1) is 30.8. The molecule has 2 heteroatoms. The molecule has 11 rings (SSSR count). The Hall–Kier alpha value is -6.90. The highest BCUT2D eigenvalue weighted by molar-refractivity contribution is 6.22. The van der Waals surface area contributed by atoms with Crippen LogP contribution in [0.25, 0.3) is 43.8 Å². The molecule has 0 aromatic heterocycles. The zero-order chi connectivity index (χ0) is 41.2. The molecule has 2 nitrogen and oxygen atoms in total. The topological polar surface area (TPSA) is 6.48 Å². The van der Waals surface area contributed by atoms with E-state index in [4.69, 9.17) is 0 Å². The van der Waals surface area contributed by atoms with Crippen LogP contribution in [0.3, 0.4) is 0 Å². The monoisotopic (exact) mass is 800 g/mol. The fourth-order valence-electron chi connectivity index (χ4n) is 10.7. The second-order valence-corrected chi connectivity index (χ2v) is 17.4. The molecule has 0 N–H and O–H groups in total. The van der Waals surface area contributed by atoms with Gasteiger partial charge in [-0.15, -0.1) is 0 Å². The molecule has 9 aromatic carbocycles. The average molecular weight is 801 g/mol. The van der Waals surface area contributed by atoms with Crippen LogP contribution in [0.4, 0.5) is 34.1 Å². The molecule has 0 atom stereocenters. The van der Waals surface area contributed by atoms with Crippen LogP contribution in [0.2, 0.25) is 0 Å². The molecule has 2 aliphatic rings. The van der Waals surface area contributed by atoms with E-state index in [9.17, 15) is 0 Å². The molecule has 0 bridgehead atoms. The van der Waals surface area contributed by atoms with Crippen LogP contribution >= 0.6 is 0 Å². The zero-order valence-electron chi connectivity index (χ0n) is 35.3. The molecule has 0 spiro atoms. The van der Waals surface area contributed by atoms with E-state index in [-0.39, 0.29) is 0 Å². The van der Waals surface area contributed by atoms with Crippen LogP contribution in [0.1, 0.15) is 74.3 Å². The molecular formula is C60H52N2. The minimum atomic E-state index is 0.676. The highest BCUT2D eigenvalue weighted by Crippen LogP contribution is 2.49. The fourth-order valence-corrected chi connectivity index (χ4v) is 10.7. The van der Waals surface area contributed by atoms with Gasteiger partial charge in [0.25, 0.3) is 0 Å². The van der Waals surface area contributed by atoms with Crippen molar-refractivity contribution in [3.63, 3.8) is 0 Å². The summed E-state index contributed by atoms with van der Waals surface area (Å²) in [5.41, 5.74) is 14.8. The van der Waals surface area contributed by atoms with Crippen molar-refractivity contribution in [1.29, 1.82) is 0 Å². The standard InChI is InChI=1S/C60H52N2/c1-5-21-47(22-6-1)59-55-39-37-54(62(50-27-11-4-12-28-50)52-35-31-46(32-36-52)44-19-15-16-20-44)42-58(55)60(48-23-7-2-8-24-48)56-40-38-53(41-57(56)59)61(49-25-9-3-10-26-49)51-33-29-45(30-34-51)43-17-13-14-18-43/h1-12,21-44H,13-20H2. The molecule has 62 heavy (non-hydrogen) atoms. The summed E-state index contributed by atoms with van der Waals surface area (Å²) in [6, 6.07) is 76.9. The third kappa shape index (κ3) is 7.24. The second-order valence-electron chi connectivity index (χ2n) is 17.4. The van der Waals surface area contributed by atoms with Crippen molar-refractivity contribution < 1.29 is 0 Å². The predicted octanol–water partition coefficient (Wildman–Crippen LogP) is 17.6. The Bertz CT molecular complexity index is 2720. The van der Waals surface area contributed by atoms with Crippen LogP contribution in [0.5, 0.6) is 0 Å². The third-order valence-corrected chi connectivity index (χ3v) is 13.7. The van der Waals surface area contributed by atoms with Gasteiger partial charge in [-0.25, -0.2) is 0 Å². The number of hydrogen-bond acceptors (Lipinski definition) is 2. The Balaban J connectivity index is 1.14. The van der Waals surface area contributed by atoms with Crippen LogP contribution in [-0.4, -0.2) is 0 Å². The van der Waals surface area contributed by atoms with E-state index in [1.807, 2.05) is 0 Å².